The van der Waals surface area contributed by atoms with Crippen LogP contribution in [0.15, 0.2) is 23.1 Å². The molecule has 8 heteroatoms. The molecule has 1 N–H and O–H groups in total. The minimum atomic E-state index is -3.62. The molecule has 0 atom stereocenters. The van der Waals surface area contributed by atoms with Crippen molar-refractivity contribution in [1.29, 1.82) is 0 Å². The number of nitrogens with zero attached hydrogens (tertiary/aromatic N) is 3. The minimum absolute atomic E-state index is 0.186. The standard InChI is InChI=1S/C25H42N4O3S/c1-4-29(5-2)33(31,32)22-14-15-24(28-18-9-10-19-28)23(20-22)25(30)26-16-11-17-27(3)21-12-7-6-8-13-21/h14-15,20-21H,4-13,16-19H2,1-3H3,(H,26,30). The Morgan fingerprint density at radius 2 is 1.73 bits per heavy atom. The molecule has 2 aliphatic rings. The molecule has 0 spiro atoms. The summed E-state index contributed by atoms with van der Waals surface area (Å²) in [6.07, 6.45) is 9.60. The lowest BCUT2D eigenvalue weighted by molar-refractivity contribution is 0.0951. The first kappa shape index (κ1) is 26.0. The molecule has 2 fully saturated rings. The van der Waals surface area contributed by atoms with Gasteiger partial charge in [-0.2, -0.15) is 4.31 Å². The van der Waals surface area contributed by atoms with Gasteiger partial charge in [-0.05, 0) is 63.9 Å². The molecular weight excluding hydrogens is 436 g/mol. The van der Waals surface area contributed by atoms with E-state index in [9.17, 15) is 13.2 Å². The van der Waals surface area contributed by atoms with Gasteiger partial charge in [0.15, 0.2) is 0 Å². The Morgan fingerprint density at radius 3 is 2.36 bits per heavy atom. The zero-order chi connectivity index (χ0) is 23.8. The van der Waals surface area contributed by atoms with Crippen LogP contribution < -0.4 is 10.2 Å². The Balaban J connectivity index is 1.69. The molecule has 1 heterocycles. The molecule has 186 valence electrons. The molecule has 0 unspecified atom stereocenters. The third-order valence-corrected chi connectivity index (χ3v) is 9.22. The highest BCUT2D eigenvalue weighted by molar-refractivity contribution is 7.89. The molecule has 1 saturated carbocycles. The van der Waals surface area contributed by atoms with Crippen LogP contribution in [0.2, 0.25) is 0 Å². The van der Waals surface area contributed by atoms with Gasteiger partial charge in [0.2, 0.25) is 10.0 Å². The third kappa shape index (κ3) is 6.49. The van der Waals surface area contributed by atoms with Crippen molar-refractivity contribution in [3.05, 3.63) is 23.8 Å². The molecule has 1 aromatic rings. The fourth-order valence-corrected chi connectivity index (χ4v) is 6.62. The van der Waals surface area contributed by atoms with Gasteiger partial charge in [0.25, 0.3) is 5.91 Å². The highest BCUT2D eigenvalue weighted by Crippen LogP contribution is 2.28. The van der Waals surface area contributed by atoms with Crippen LogP contribution in [0.25, 0.3) is 0 Å². The van der Waals surface area contributed by atoms with Gasteiger partial charge in [0.1, 0.15) is 0 Å². The fraction of sp³-hybridized carbons (Fsp3) is 0.720. The quantitative estimate of drug-likeness (QED) is 0.491. The molecule has 1 aliphatic carbocycles. The number of nitrogens with one attached hydrogen (secondary N) is 1. The van der Waals surface area contributed by atoms with E-state index in [0.717, 1.165) is 44.6 Å². The van der Waals surface area contributed by atoms with Crippen molar-refractivity contribution in [2.24, 2.45) is 0 Å². The van der Waals surface area contributed by atoms with Crippen LogP contribution in [0.1, 0.15) is 75.6 Å². The minimum Gasteiger partial charge on any atom is -0.371 e. The number of sulfonamides is 1. The average Bonchev–Trinajstić information content (AvgIpc) is 3.37. The summed E-state index contributed by atoms with van der Waals surface area (Å²) in [6, 6.07) is 5.70. The van der Waals surface area contributed by atoms with Crippen molar-refractivity contribution in [2.75, 3.05) is 51.2 Å². The molecule has 7 nitrogen and oxygen atoms in total. The summed E-state index contributed by atoms with van der Waals surface area (Å²) in [5, 5.41) is 3.06. The molecule has 0 radical (unpaired) electrons. The number of amides is 1. The van der Waals surface area contributed by atoms with Crippen molar-refractivity contribution in [1.82, 2.24) is 14.5 Å². The maximum Gasteiger partial charge on any atom is 0.253 e. The highest BCUT2D eigenvalue weighted by Gasteiger charge is 2.26. The van der Waals surface area contributed by atoms with Gasteiger partial charge >= 0.3 is 0 Å². The summed E-state index contributed by atoms with van der Waals surface area (Å²) < 4.78 is 27.6. The second-order valence-corrected chi connectivity index (χ2v) is 11.3. The Bertz CT molecular complexity index is 874. The normalized spacial score (nSPS) is 17.8. The smallest absolute Gasteiger partial charge is 0.253 e. The molecule has 0 bridgehead atoms. The van der Waals surface area contributed by atoms with Crippen molar-refractivity contribution in [3.8, 4) is 0 Å². The van der Waals surface area contributed by atoms with Crippen LogP contribution >= 0.6 is 0 Å². The molecule has 3 rings (SSSR count). The van der Waals surface area contributed by atoms with Gasteiger partial charge in [-0.1, -0.05) is 33.1 Å². The van der Waals surface area contributed by atoms with Gasteiger partial charge in [-0.3, -0.25) is 4.79 Å². The SMILES string of the molecule is CCN(CC)S(=O)(=O)c1ccc(N2CCCC2)c(C(=O)NCCCN(C)C2CCCCC2)c1. The van der Waals surface area contributed by atoms with Crippen LogP contribution in [0.4, 0.5) is 5.69 Å². The maximum absolute atomic E-state index is 13.2. The second-order valence-electron chi connectivity index (χ2n) is 9.34. The van der Waals surface area contributed by atoms with E-state index in [2.05, 4.69) is 22.2 Å². The van der Waals surface area contributed by atoms with Crippen LogP contribution in [0.3, 0.4) is 0 Å². The number of rotatable bonds is 11. The van der Waals surface area contributed by atoms with Gasteiger partial charge in [0.05, 0.1) is 10.5 Å². The molecule has 1 saturated heterocycles. The van der Waals surface area contributed by atoms with Gasteiger partial charge in [-0.15, -0.1) is 0 Å². The molecule has 33 heavy (non-hydrogen) atoms. The number of anilines is 1. The van der Waals surface area contributed by atoms with Crippen molar-refractivity contribution >= 4 is 21.6 Å². The number of carbonyl (C=O) groups excluding carboxylic acids is 1. The van der Waals surface area contributed by atoms with Crippen LogP contribution in [-0.2, 0) is 10.0 Å². The lowest BCUT2D eigenvalue weighted by atomic mass is 9.94. The van der Waals surface area contributed by atoms with E-state index in [1.165, 1.54) is 36.4 Å². The van der Waals surface area contributed by atoms with Crippen molar-refractivity contribution in [3.63, 3.8) is 0 Å². The number of carbonyl (C=O) groups is 1. The molecular formula is C25H42N4O3S. The Morgan fingerprint density at radius 1 is 1.06 bits per heavy atom. The van der Waals surface area contributed by atoms with E-state index in [1.807, 2.05) is 19.9 Å². The van der Waals surface area contributed by atoms with E-state index in [4.69, 9.17) is 0 Å². The lowest BCUT2D eigenvalue weighted by Crippen LogP contribution is -2.36. The lowest BCUT2D eigenvalue weighted by Gasteiger charge is -2.31. The first-order valence-electron chi connectivity index (χ1n) is 12.8. The summed E-state index contributed by atoms with van der Waals surface area (Å²) in [4.78, 5) is 18.0. The van der Waals surface area contributed by atoms with Crippen LogP contribution in [-0.4, -0.2) is 75.9 Å². The van der Waals surface area contributed by atoms with Gasteiger partial charge in [0, 0.05) is 44.5 Å². The largest absolute Gasteiger partial charge is 0.371 e. The second kappa shape index (κ2) is 12.2. The fourth-order valence-electron chi connectivity index (χ4n) is 5.13. The third-order valence-electron chi connectivity index (χ3n) is 7.17. The van der Waals surface area contributed by atoms with E-state index < -0.39 is 10.0 Å². The number of hydrogen-bond acceptors (Lipinski definition) is 5. The zero-order valence-corrected chi connectivity index (χ0v) is 21.5. The highest BCUT2D eigenvalue weighted by atomic mass is 32.2. The number of benzene rings is 1. The van der Waals surface area contributed by atoms with Gasteiger partial charge < -0.3 is 15.1 Å². The topological polar surface area (TPSA) is 73.0 Å². The van der Waals surface area contributed by atoms with Crippen LogP contribution in [0, 0.1) is 0 Å². The molecule has 1 amide bonds. The average molecular weight is 479 g/mol. The Labute approximate surface area is 200 Å². The van der Waals surface area contributed by atoms with E-state index in [1.54, 1.807) is 12.1 Å². The predicted octanol–water partition coefficient (Wildman–Crippen LogP) is 3.70. The summed E-state index contributed by atoms with van der Waals surface area (Å²) in [5.74, 6) is -0.186. The molecule has 1 aromatic carbocycles. The maximum atomic E-state index is 13.2. The molecule has 1 aliphatic heterocycles. The number of hydrogen-bond donors (Lipinski definition) is 1. The monoisotopic (exact) mass is 478 g/mol. The summed E-state index contributed by atoms with van der Waals surface area (Å²) in [7, 11) is -1.43. The molecule has 0 aromatic heterocycles. The van der Waals surface area contributed by atoms with Crippen LogP contribution in [0.5, 0.6) is 0 Å². The predicted molar refractivity (Wildman–Crippen MR) is 134 cm³/mol. The first-order chi connectivity index (χ1) is 15.9. The van der Waals surface area contributed by atoms with E-state index in [-0.39, 0.29) is 10.8 Å². The van der Waals surface area contributed by atoms with Crippen molar-refractivity contribution < 1.29 is 13.2 Å². The zero-order valence-electron chi connectivity index (χ0n) is 20.7. The Kier molecular flexibility index (Phi) is 9.58. The first-order valence-corrected chi connectivity index (χ1v) is 14.2. The summed E-state index contributed by atoms with van der Waals surface area (Å²) in [6.45, 7) is 7.81. The summed E-state index contributed by atoms with van der Waals surface area (Å²) in [5.41, 5.74) is 1.30. The van der Waals surface area contributed by atoms with Crippen molar-refractivity contribution in [2.45, 2.75) is 76.2 Å². The van der Waals surface area contributed by atoms with E-state index in [0.29, 0.717) is 31.2 Å². The van der Waals surface area contributed by atoms with Gasteiger partial charge in [-0.25, -0.2) is 8.42 Å². The summed E-state index contributed by atoms with van der Waals surface area (Å²) >= 11 is 0. The van der Waals surface area contributed by atoms with E-state index >= 15 is 0 Å². The Hall–Kier alpha value is -1.64.